The first kappa shape index (κ1) is 9.78. The number of hydrogen-bond acceptors (Lipinski definition) is 5. The van der Waals surface area contributed by atoms with Crippen LogP contribution in [0.3, 0.4) is 0 Å². The minimum atomic E-state index is 0.628. The maximum Gasteiger partial charge on any atom is 0.130 e. The normalized spacial score (nSPS) is 9.75. The first-order valence-electron chi connectivity index (χ1n) is 3.15. The van der Waals surface area contributed by atoms with E-state index < -0.39 is 0 Å². The van der Waals surface area contributed by atoms with E-state index in [1.807, 2.05) is 12.5 Å². The van der Waals surface area contributed by atoms with E-state index in [2.05, 4.69) is 6.07 Å². The molecule has 2 nitrogen and oxygen atoms in total. The van der Waals surface area contributed by atoms with Gasteiger partial charge in [0.2, 0.25) is 0 Å². The summed E-state index contributed by atoms with van der Waals surface area (Å²) in [5.41, 5.74) is 6.39. The number of anilines is 1. The van der Waals surface area contributed by atoms with E-state index in [1.54, 1.807) is 23.5 Å². The Kier molecular flexibility index (Phi) is 3.32. The first-order valence-corrected chi connectivity index (χ1v) is 6.41. The van der Waals surface area contributed by atoms with Crippen LogP contribution in [0.15, 0.2) is 9.10 Å². The van der Waals surface area contributed by atoms with Crippen LogP contribution in [0.25, 0.3) is 0 Å². The third-order valence-electron chi connectivity index (χ3n) is 1.36. The lowest BCUT2D eigenvalue weighted by Crippen LogP contribution is -1.85. The van der Waals surface area contributed by atoms with Crippen LogP contribution in [-0.2, 0) is 0 Å². The summed E-state index contributed by atoms with van der Waals surface area (Å²) in [7, 11) is 0. The highest BCUT2D eigenvalue weighted by atomic mass is 32.2. The topological polar surface area (TPSA) is 49.8 Å². The fraction of sp³-hybridized carbons (Fsp3) is 0.286. The van der Waals surface area contributed by atoms with Crippen LogP contribution in [0.2, 0.25) is 0 Å². The molecule has 64 valence electrons. The van der Waals surface area contributed by atoms with Crippen molar-refractivity contribution in [1.82, 2.24) is 0 Å². The van der Waals surface area contributed by atoms with E-state index in [-0.39, 0.29) is 0 Å². The smallest absolute Gasteiger partial charge is 0.130 e. The average Bonchev–Trinajstić information content (AvgIpc) is 2.41. The van der Waals surface area contributed by atoms with Gasteiger partial charge in [-0.15, -0.1) is 34.9 Å². The van der Waals surface area contributed by atoms with Gasteiger partial charge < -0.3 is 5.73 Å². The zero-order chi connectivity index (χ0) is 9.14. The predicted molar refractivity (Wildman–Crippen MR) is 57.0 cm³/mol. The molecule has 2 N–H and O–H groups in total. The van der Waals surface area contributed by atoms with Crippen LogP contribution in [0, 0.1) is 11.3 Å². The van der Waals surface area contributed by atoms with Crippen LogP contribution in [0.5, 0.6) is 0 Å². The first-order chi connectivity index (χ1) is 5.74. The minimum Gasteiger partial charge on any atom is -0.396 e. The average molecular weight is 216 g/mol. The van der Waals surface area contributed by atoms with Crippen molar-refractivity contribution < 1.29 is 0 Å². The molecular formula is C7H8N2S3. The lowest BCUT2D eigenvalue weighted by Gasteiger charge is -1.95. The number of nitrogens with two attached hydrogens (primary N) is 1. The number of rotatable bonds is 2. The van der Waals surface area contributed by atoms with Crippen LogP contribution >= 0.6 is 34.9 Å². The molecule has 0 aliphatic carbocycles. The predicted octanol–water partition coefficient (Wildman–Crippen LogP) is 2.65. The van der Waals surface area contributed by atoms with Gasteiger partial charge in [-0.3, -0.25) is 0 Å². The molecule has 0 aliphatic rings. The van der Waals surface area contributed by atoms with Gasteiger partial charge in [0, 0.05) is 0 Å². The number of nitrogen functional groups attached to an aromatic ring is 1. The summed E-state index contributed by atoms with van der Waals surface area (Å²) in [5, 5.41) is 8.71. The zero-order valence-electron chi connectivity index (χ0n) is 6.75. The molecule has 0 saturated heterocycles. The SMILES string of the molecule is CSc1sc(C#N)c(N)c1SC. The molecule has 1 heterocycles. The van der Waals surface area contributed by atoms with Gasteiger partial charge in [-0.25, -0.2) is 0 Å². The molecule has 0 atom stereocenters. The molecule has 1 aromatic heterocycles. The van der Waals surface area contributed by atoms with Crippen LogP contribution < -0.4 is 5.73 Å². The lowest BCUT2D eigenvalue weighted by atomic mass is 10.4. The minimum absolute atomic E-state index is 0.628. The molecule has 0 spiro atoms. The summed E-state index contributed by atoms with van der Waals surface area (Å²) in [6.45, 7) is 0. The van der Waals surface area contributed by atoms with Crippen molar-refractivity contribution in [1.29, 1.82) is 5.26 Å². The van der Waals surface area contributed by atoms with Gasteiger partial charge >= 0.3 is 0 Å². The molecular weight excluding hydrogens is 208 g/mol. The van der Waals surface area contributed by atoms with Crippen molar-refractivity contribution in [2.75, 3.05) is 18.2 Å². The fourth-order valence-corrected chi connectivity index (χ4v) is 3.77. The summed E-state index contributed by atoms with van der Waals surface area (Å²) < 4.78 is 1.14. The molecule has 0 aromatic carbocycles. The monoisotopic (exact) mass is 216 g/mol. The number of thioether (sulfide) groups is 2. The summed E-state index contributed by atoms with van der Waals surface area (Å²) in [5.74, 6) is 0. The number of hydrogen-bond donors (Lipinski definition) is 1. The van der Waals surface area contributed by atoms with E-state index in [1.165, 1.54) is 11.3 Å². The Bertz CT molecular complexity index is 324. The van der Waals surface area contributed by atoms with Gasteiger partial charge in [-0.1, -0.05) is 0 Å². The second kappa shape index (κ2) is 4.08. The Morgan fingerprint density at radius 2 is 2.08 bits per heavy atom. The fourth-order valence-electron chi connectivity index (χ4n) is 0.818. The highest BCUT2D eigenvalue weighted by Crippen LogP contribution is 2.41. The Hall–Kier alpha value is -0.310. The number of thiophene rings is 1. The quantitative estimate of drug-likeness (QED) is 0.772. The van der Waals surface area contributed by atoms with E-state index in [9.17, 15) is 0 Å². The summed E-state index contributed by atoms with van der Waals surface area (Å²) >= 11 is 4.70. The van der Waals surface area contributed by atoms with Crippen LogP contribution in [-0.4, -0.2) is 12.5 Å². The highest BCUT2D eigenvalue weighted by Gasteiger charge is 2.13. The number of nitriles is 1. The molecule has 12 heavy (non-hydrogen) atoms. The second-order valence-electron chi connectivity index (χ2n) is 1.98. The van der Waals surface area contributed by atoms with Gasteiger partial charge in [-0.05, 0) is 12.5 Å². The molecule has 0 aliphatic heterocycles. The van der Waals surface area contributed by atoms with Crippen molar-refractivity contribution >= 4 is 40.5 Å². The standard InChI is InChI=1S/C7H8N2S3/c1-10-6-5(9)4(3-8)12-7(6)11-2/h9H2,1-2H3. The molecule has 0 fully saturated rings. The van der Waals surface area contributed by atoms with Crippen LogP contribution in [0.1, 0.15) is 4.88 Å². The second-order valence-corrected chi connectivity index (χ2v) is 4.89. The summed E-state index contributed by atoms with van der Waals surface area (Å²) in [4.78, 5) is 1.67. The molecule has 0 saturated carbocycles. The zero-order valence-corrected chi connectivity index (χ0v) is 9.20. The third-order valence-corrected chi connectivity index (χ3v) is 4.68. The third kappa shape index (κ3) is 1.56. The van der Waals surface area contributed by atoms with Gasteiger partial charge in [0.1, 0.15) is 10.9 Å². The molecule has 1 aromatic rings. The van der Waals surface area contributed by atoms with Crippen molar-refractivity contribution in [3.63, 3.8) is 0 Å². The Morgan fingerprint density at radius 1 is 1.42 bits per heavy atom. The molecule has 0 unspecified atom stereocenters. The molecule has 5 heteroatoms. The molecule has 1 rings (SSSR count). The molecule has 0 bridgehead atoms. The van der Waals surface area contributed by atoms with Crippen molar-refractivity contribution in [2.24, 2.45) is 0 Å². The largest absolute Gasteiger partial charge is 0.396 e. The van der Waals surface area contributed by atoms with Crippen LogP contribution in [0.4, 0.5) is 5.69 Å². The summed E-state index contributed by atoms with van der Waals surface area (Å²) in [6.07, 6.45) is 3.96. The Balaban J connectivity index is 3.25. The van der Waals surface area contributed by atoms with E-state index in [0.29, 0.717) is 10.6 Å². The molecule has 0 amide bonds. The maximum atomic E-state index is 8.71. The van der Waals surface area contributed by atoms with Crippen molar-refractivity contribution in [3.8, 4) is 6.07 Å². The maximum absolute atomic E-state index is 8.71. The Labute approximate surface area is 84.1 Å². The molecule has 0 radical (unpaired) electrons. The van der Waals surface area contributed by atoms with Gasteiger partial charge in [0.15, 0.2) is 0 Å². The van der Waals surface area contributed by atoms with Crippen molar-refractivity contribution in [2.45, 2.75) is 9.10 Å². The number of nitrogens with zero attached hydrogens (tertiary/aromatic N) is 1. The van der Waals surface area contributed by atoms with Gasteiger partial charge in [0.05, 0.1) is 14.8 Å². The van der Waals surface area contributed by atoms with Gasteiger partial charge in [-0.2, -0.15) is 5.26 Å². The van der Waals surface area contributed by atoms with E-state index in [0.717, 1.165) is 9.10 Å². The van der Waals surface area contributed by atoms with E-state index in [4.69, 9.17) is 11.0 Å². The lowest BCUT2D eigenvalue weighted by molar-refractivity contribution is 1.40. The van der Waals surface area contributed by atoms with E-state index >= 15 is 0 Å². The van der Waals surface area contributed by atoms with Crippen molar-refractivity contribution in [3.05, 3.63) is 4.88 Å². The Morgan fingerprint density at radius 3 is 2.42 bits per heavy atom. The van der Waals surface area contributed by atoms with Gasteiger partial charge in [0.25, 0.3) is 0 Å². The highest BCUT2D eigenvalue weighted by molar-refractivity contribution is 8.03. The summed E-state index contributed by atoms with van der Waals surface area (Å²) in [6, 6.07) is 2.09.